The van der Waals surface area contributed by atoms with Crippen molar-refractivity contribution in [1.29, 1.82) is 0 Å². The molecule has 1 N–H and O–H groups in total. The molecule has 3 nitrogen and oxygen atoms in total. The second-order valence-electron chi connectivity index (χ2n) is 7.44. The SMILES string of the molecule is CC(C)(C)CCNC(=O)CCC(=O)CC(C)(C)C. The molecule has 1 amide bonds. The highest BCUT2D eigenvalue weighted by molar-refractivity contribution is 5.85. The van der Waals surface area contributed by atoms with Crippen LogP contribution in [0.4, 0.5) is 0 Å². The normalized spacial score (nSPS) is 12.3. The number of carbonyl (C=O) groups excluding carboxylic acids is 2. The van der Waals surface area contributed by atoms with E-state index < -0.39 is 0 Å². The summed E-state index contributed by atoms with van der Waals surface area (Å²) in [6, 6.07) is 0. The van der Waals surface area contributed by atoms with E-state index in [9.17, 15) is 9.59 Å². The fourth-order valence-electron chi connectivity index (χ4n) is 1.60. The van der Waals surface area contributed by atoms with E-state index in [1.54, 1.807) is 0 Å². The van der Waals surface area contributed by atoms with E-state index in [1.165, 1.54) is 0 Å². The fourth-order valence-corrected chi connectivity index (χ4v) is 1.60. The van der Waals surface area contributed by atoms with Gasteiger partial charge in [0.1, 0.15) is 5.78 Å². The van der Waals surface area contributed by atoms with Gasteiger partial charge in [0.2, 0.25) is 5.91 Å². The molecule has 0 bridgehead atoms. The zero-order chi connectivity index (χ0) is 14.4. The molecule has 0 saturated heterocycles. The summed E-state index contributed by atoms with van der Waals surface area (Å²) in [6.07, 6.45) is 2.18. The predicted molar refractivity (Wildman–Crippen MR) is 75.4 cm³/mol. The van der Waals surface area contributed by atoms with Crippen LogP contribution in [-0.4, -0.2) is 18.2 Å². The molecule has 0 aromatic carbocycles. The highest BCUT2D eigenvalue weighted by Crippen LogP contribution is 2.20. The van der Waals surface area contributed by atoms with Gasteiger partial charge in [-0.1, -0.05) is 41.5 Å². The monoisotopic (exact) mass is 255 g/mol. The molecule has 0 aliphatic heterocycles. The van der Waals surface area contributed by atoms with Crippen LogP contribution in [0.25, 0.3) is 0 Å². The quantitative estimate of drug-likeness (QED) is 0.791. The Kier molecular flexibility index (Phi) is 6.58. The molecule has 0 aromatic heterocycles. The molecule has 0 saturated carbocycles. The molecule has 3 heteroatoms. The average Bonchev–Trinajstić information content (AvgIpc) is 2.09. The summed E-state index contributed by atoms with van der Waals surface area (Å²) >= 11 is 0. The largest absolute Gasteiger partial charge is 0.356 e. The van der Waals surface area contributed by atoms with Crippen LogP contribution in [0.5, 0.6) is 0 Å². The summed E-state index contributed by atoms with van der Waals surface area (Å²) in [5.41, 5.74) is 0.245. The van der Waals surface area contributed by atoms with Crippen LogP contribution in [0.3, 0.4) is 0 Å². The highest BCUT2D eigenvalue weighted by atomic mass is 16.2. The molecule has 0 atom stereocenters. The molecular formula is C15H29NO2. The lowest BCUT2D eigenvalue weighted by Crippen LogP contribution is -2.27. The summed E-state index contributed by atoms with van der Waals surface area (Å²) in [4.78, 5) is 23.2. The lowest BCUT2D eigenvalue weighted by Gasteiger charge is -2.18. The molecule has 0 aromatic rings. The van der Waals surface area contributed by atoms with E-state index >= 15 is 0 Å². The third kappa shape index (κ3) is 11.6. The van der Waals surface area contributed by atoms with Gasteiger partial charge in [0, 0.05) is 25.8 Å². The molecule has 0 aliphatic carbocycles. The maximum Gasteiger partial charge on any atom is 0.220 e. The maximum atomic E-state index is 11.6. The van der Waals surface area contributed by atoms with Crippen molar-refractivity contribution < 1.29 is 9.59 Å². The van der Waals surface area contributed by atoms with Crippen LogP contribution in [0.1, 0.15) is 67.2 Å². The Morgan fingerprint density at radius 2 is 1.44 bits per heavy atom. The molecule has 106 valence electrons. The Morgan fingerprint density at radius 1 is 0.889 bits per heavy atom. The van der Waals surface area contributed by atoms with Gasteiger partial charge in [0.25, 0.3) is 0 Å². The number of carbonyl (C=O) groups is 2. The summed E-state index contributed by atoms with van der Waals surface area (Å²) in [5, 5.41) is 2.87. The molecule has 0 fully saturated rings. The Bertz CT molecular complexity index is 282. The van der Waals surface area contributed by atoms with Crippen molar-refractivity contribution in [2.24, 2.45) is 10.8 Å². The second kappa shape index (κ2) is 6.91. The van der Waals surface area contributed by atoms with E-state index in [-0.39, 0.29) is 22.5 Å². The molecule has 0 heterocycles. The predicted octanol–water partition coefficient (Wildman–Crippen LogP) is 3.32. The van der Waals surface area contributed by atoms with E-state index in [2.05, 4.69) is 26.1 Å². The van der Waals surface area contributed by atoms with E-state index in [0.29, 0.717) is 25.8 Å². The number of hydrogen-bond donors (Lipinski definition) is 1. The molecule has 0 rings (SSSR count). The van der Waals surface area contributed by atoms with Gasteiger partial charge in [-0.2, -0.15) is 0 Å². The van der Waals surface area contributed by atoms with Crippen molar-refractivity contribution in [2.45, 2.75) is 67.2 Å². The minimum absolute atomic E-state index is 0.0125. The zero-order valence-electron chi connectivity index (χ0n) is 12.9. The van der Waals surface area contributed by atoms with Crippen LogP contribution in [0, 0.1) is 10.8 Å². The first-order valence-corrected chi connectivity index (χ1v) is 6.78. The van der Waals surface area contributed by atoms with Crippen molar-refractivity contribution >= 4 is 11.7 Å². The van der Waals surface area contributed by atoms with Crippen LogP contribution in [0.2, 0.25) is 0 Å². The maximum absolute atomic E-state index is 11.6. The van der Waals surface area contributed by atoms with Crippen LogP contribution in [0.15, 0.2) is 0 Å². The first-order chi connectivity index (χ1) is 7.99. The van der Waals surface area contributed by atoms with Crippen molar-refractivity contribution in [1.82, 2.24) is 5.32 Å². The van der Waals surface area contributed by atoms with Gasteiger partial charge in [-0.05, 0) is 17.3 Å². The fraction of sp³-hybridized carbons (Fsp3) is 0.867. The van der Waals surface area contributed by atoms with E-state index in [1.807, 2.05) is 20.8 Å². The van der Waals surface area contributed by atoms with Gasteiger partial charge in [-0.3, -0.25) is 9.59 Å². The Morgan fingerprint density at radius 3 is 1.89 bits per heavy atom. The summed E-state index contributed by atoms with van der Waals surface area (Å²) in [6.45, 7) is 13.2. The number of rotatable bonds is 6. The number of ketones is 1. The van der Waals surface area contributed by atoms with Crippen LogP contribution in [-0.2, 0) is 9.59 Å². The zero-order valence-corrected chi connectivity index (χ0v) is 12.9. The van der Waals surface area contributed by atoms with Crippen molar-refractivity contribution in [2.75, 3.05) is 6.54 Å². The molecule has 0 radical (unpaired) electrons. The molecule has 18 heavy (non-hydrogen) atoms. The van der Waals surface area contributed by atoms with Gasteiger partial charge < -0.3 is 5.32 Å². The van der Waals surface area contributed by atoms with E-state index in [4.69, 9.17) is 0 Å². The number of nitrogens with one attached hydrogen (secondary N) is 1. The molecule has 0 spiro atoms. The Labute approximate surface area is 112 Å². The summed E-state index contributed by atoms with van der Waals surface area (Å²) in [7, 11) is 0. The second-order valence-corrected chi connectivity index (χ2v) is 7.44. The number of hydrogen-bond acceptors (Lipinski definition) is 2. The minimum Gasteiger partial charge on any atom is -0.356 e. The highest BCUT2D eigenvalue weighted by Gasteiger charge is 2.17. The third-order valence-corrected chi connectivity index (χ3v) is 2.56. The topological polar surface area (TPSA) is 46.2 Å². The van der Waals surface area contributed by atoms with Crippen molar-refractivity contribution in [3.05, 3.63) is 0 Å². The smallest absolute Gasteiger partial charge is 0.220 e. The van der Waals surface area contributed by atoms with Gasteiger partial charge in [0.05, 0.1) is 0 Å². The van der Waals surface area contributed by atoms with Crippen LogP contribution < -0.4 is 5.32 Å². The minimum atomic E-state index is -0.0125. The third-order valence-electron chi connectivity index (χ3n) is 2.56. The lowest BCUT2D eigenvalue weighted by atomic mass is 9.89. The standard InChI is InChI=1S/C15H29NO2/c1-14(2,3)9-10-16-13(18)8-7-12(17)11-15(4,5)6/h7-11H2,1-6H3,(H,16,18). The van der Waals surface area contributed by atoms with Gasteiger partial charge >= 0.3 is 0 Å². The first kappa shape index (κ1) is 17.1. The molecule has 0 unspecified atom stereocenters. The van der Waals surface area contributed by atoms with Gasteiger partial charge in [0.15, 0.2) is 0 Å². The van der Waals surface area contributed by atoms with Crippen LogP contribution >= 0.6 is 0 Å². The summed E-state index contributed by atoms with van der Waals surface area (Å²) in [5.74, 6) is 0.162. The average molecular weight is 255 g/mol. The Hall–Kier alpha value is -0.860. The van der Waals surface area contributed by atoms with Crippen molar-refractivity contribution in [3.63, 3.8) is 0 Å². The van der Waals surface area contributed by atoms with E-state index in [0.717, 1.165) is 6.42 Å². The lowest BCUT2D eigenvalue weighted by molar-refractivity contribution is -0.126. The summed E-state index contributed by atoms with van der Waals surface area (Å²) < 4.78 is 0. The molecular weight excluding hydrogens is 226 g/mol. The Balaban J connectivity index is 3.75. The number of amides is 1. The number of Topliss-reactive ketones (excluding diaryl/α,β-unsaturated/α-hetero) is 1. The molecule has 0 aliphatic rings. The van der Waals surface area contributed by atoms with Crippen molar-refractivity contribution in [3.8, 4) is 0 Å². The first-order valence-electron chi connectivity index (χ1n) is 6.78. The van der Waals surface area contributed by atoms with Gasteiger partial charge in [-0.15, -0.1) is 0 Å². The van der Waals surface area contributed by atoms with Gasteiger partial charge in [-0.25, -0.2) is 0 Å².